The number of sulfone groups is 1. The molecule has 0 bridgehead atoms. The summed E-state index contributed by atoms with van der Waals surface area (Å²) in [7, 11) is -3.14. The van der Waals surface area contributed by atoms with Crippen molar-refractivity contribution < 1.29 is 17.6 Å². The molecule has 1 amide bonds. The molecule has 0 aliphatic carbocycles. The van der Waals surface area contributed by atoms with Gasteiger partial charge in [0.1, 0.15) is 5.76 Å². The molecule has 6 nitrogen and oxygen atoms in total. The molecule has 146 valence electrons. The number of carbonyl (C=O) groups excluding carboxylic acids is 1. The van der Waals surface area contributed by atoms with E-state index in [4.69, 9.17) is 4.42 Å². The summed E-state index contributed by atoms with van der Waals surface area (Å²) in [5.74, 6) is 0.568. The largest absolute Gasteiger partial charge is 0.468 e. The van der Waals surface area contributed by atoms with E-state index >= 15 is 0 Å². The van der Waals surface area contributed by atoms with E-state index in [9.17, 15) is 13.2 Å². The number of piperidine rings is 1. The maximum Gasteiger partial charge on any atom is 0.251 e. The van der Waals surface area contributed by atoms with Crippen molar-refractivity contribution in [3.05, 3.63) is 59.5 Å². The second kappa shape index (κ2) is 8.71. The van der Waals surface area contributed by atoms with Gasteiger partial charge >= 0.3 is 0 Å². The van der Waals surface area contributed by atoms with Gasteiger partial charge in [0.05, 0.1) is 18.1 Å². The number of nitrogens with one attached hydrogen (secondary N) is 1. The number of benzene rings is 1. The van der Waals surface area contributed by atoms with Gasteiger partial charge in [0, 0.05) is 18.4 Å². The number of likely N-dealkylation sites (tertiary alicyclic amines) is 1. The van der Waals surface area contributed by atoms with Crippen LogP contribution in [0.4, 0.5) is 0 Å². The summed E-state index contributed by atoms with van der Waals surface area (Å²) in [4.78, 5) is 15.0. The molecule has 1 atom stereocenters. The van der Waals surface area contributed by atoms with Crippen LogP contribution in [-0.4, -0.2) is 45.1 Å². The third-order valence-corrected chi connectivity index (χ3v) is 5.63. The molecule has 1 unspecified atom stereocenters. The molecule has 2 aromatic rings. The summed E-state index contributed by atoms with van der Waals surface area (Å²) in [6.07, 6.45) is 6.38. The van der Waals surface area contributed by atoms with Gasteiger partial charge in [-0.15, -0.1) is 0 Å². The Morgan fingerprint density at radius 3 is 2.63 bits per heavy atom. The Bertz CT molecular complexity index is 856. The number of hydrogen-bond donors (Lipinski definition) is 1. The second-order valence-corrected chi connectivity index (χ2v) is 9.25. The average molecular weight is 391 g/mol. The molecule has 2 heterocycles. The van der Waals surface area contributed by atoms with Crippen LogP contribution in [0.15, 0.2) is 47.1 Å². The summed E-state index contributed by atoms with van der Waals surface area (Å²) in [6.45, 7) is 2.43. The lowest BCUT2D eigenvalue weighted by Gasteiger charge is -2.33. The van der Waals surface area contributed by atoms with Crippen LogP contribution >= 0.6 is 0 Å². The van der Waals surface area contributed by atoms with E-state index in [0.29, 0.717) is 17.7 Å². The first kappa shape index (κ1) is 19.6. The van der Waals surface area contributed by atoms with E-state index < -0.39 is 9.84 Å². The number of carbonyl (C=O) groups is 1. The predicted octanol–water partition coefficient (Wildman–Crippen LogP) is 2.78. The summed E-state index contributed by atoms with van der Waals surface area (Å²) < 4.78 is 28.6. The first-order valence-electron chi connectivity index (χ1n) is 9.25. The zero-order valence-corrected chi connectivity index (χ0v) is 16.4. The Labute approximate surface area is 160 Å². The Morgan fingerprint density at radius 2 is 1.96 bits per heavy atom. The summed E-state index contributed by atoms with van der Waals surface area (Å²) in [5, 5.41) is 2.98. The summed E-state index contributed by atoms with van der Waals surface area (Å²) in [6, 6.07) is 10.6. The van der Waals surface area contributed by atoms with Gasteiger partial charge in [-0.2, -0.15) is 0 Å². The number of nitrogens with zero attached hydrogens (tertiary/aromatic N) is 1. The molecule has 0 spiro atoms. The minimum absolute atomic E-state index is 0.00320. The van der Waals surface area contributed by atoms with Crippen molar-refractivity contribution in [1.29, 1.82) is 0 Å². The van der Waals surface area contributed by atoms with Crippen LogP contribution < -0.4 is 5.32 Å². The van der Waals surface area contributed by atoms with Crippen molar-refractivity contribution in [2.24, 2.45) is 0 Å². The maximum absolute atomic E-state index is 12.6. The minimum atomic E-state index is -3.14. The average Bonchev–Trinajstić information content (AvgIpc) is 3.16. The van der Waals surface area contributed by atoms with Gasteiger partial charge in [-0.1, -0.05) is 18.6 Å². The minimum Gasteiger partial charge on any atom is -0.468 e. The van der Waals surface area contributed by atoms with E-state index in [0.717, 1.165) is 31.7 Å². The van der Waals surface area contributed by atoms with Crippen LogP contribution in [0.2, 0.25) is 0 Å². The van der Waals surface area contributed by atoms with Gasteiger partial charge < -0.3 is 9.73 Å². The van der Waals surface area contributed by atoms with Gasteiger partial charge in [0.25, 0.3) is 5.91 Å². The molecule has 1 fully saturated rings. The molecule has 1 aliphatic heterocycles. The highest BCUT2D eigenvalue weighted by Gasteiger charge is 2.25. The van der Waals surface area contributed by atoms with E-state index in [1.807, 2.05) is 12.1 Å². The fraction of sp³-hybridized carbons (Fsp3) is 0.450. The number of hydrogen-bond acceptors (Lipinski definition) is 5. The number of furan rings is 1. The zero-order valence-electron chi connectivity index (χ0n) is 15.6. The van der Waals surface area contributed by atoms with Gasteiger partial charge in [0.15, 0.2) is 9.84 Å². The topological polar surface area (TPSA) is 79.6 Å². The molecule has 1 saturated heterocycles. The molecule has 0 radical (unpaired) electrons. The van der Waals surface area contributed by atoms with Crippen molar-refractivity contribution in [1.82, 2.24) is 10.2 Å². The molecular formula is C20H26N2O4S. The molecule has 7 heteroatoms. The van der Waals surface area contributed by atoms with Crippen LogP contribution in [0, 0.1) is 0 Å². The first-order chi connectivity index (χ1) is 12.9. The lowest BCUT2D eigenvalue weighted by atomic mass is 10.1. The monoisotopic (exact) mass is 390 g/mol. The van der Waals surface area contributed by atoms with Crippen molar-refractivity contribution in [2.45, 2.75) is 31.1 Å². The predicted molar refractivity (Wildman–Crippen MR) is 104 cm³/mol. The summed E-state index contributed by atoms with van der Waals surface area (Å²) in [5.41, 5.74) is 1.08. The third-order valence-electron chi connectivity index (χ3n) is 4.78. The van der Waals surface area contributed by atoms with E-state index in [2.05, 4.69) is 10.2 Å². The highest BCUT2D eigenvalue weighted by Crippen LogP contribution is 2.24. The van der Waals surface area contributed by atoms with E-state index in [1.54, 1.807) is 30.5 Å². The Hall–Kier alpha value is -2.12. The van der Waals surface area contributed by atoms with E-state index in [-0.39, 0.29) is 17.7 Å². The summed E-state index contributed by atoms with van der Waals surface area (Å²) >= 11 is 0. The van der Waals surface area contributed by atoms with Crippen molar-refractivity contribution in [3.8, 4) is 0 Å². The molecule has 3 rings (SSSR count). The molecular weight excluding hydrogens is 364 g/mol. The SMILES string of the molecule is CS(=O)(=O)Cc1cccc(C(=O)NCC(c2ccco2)N2CCCCC2)c1. The first-order valence-corrected chi connectivity index (χ1v) is 11.3. The molecule has 1 aliphatic rings. The molecule has 0 saturated carbocycles. The number of amides is 1. The third kappa shape index (κ3) is 5.68. The number of rotatable bonds is 7. The van der Waals surface area contributed by atoms with Crippen molar-refractivity contribution >= 4 is 15.7 Å². The Balaban J connectivity index is 1.68. The standard InChI is InChI=1S/C20H26N2O4S/c1-27(24,25)15-16-7-5-8-17(13-16)20(23)21-14-18(19-9-6-12-26-19)22-10-3-2-4-11-22/h5-9,12-13,18H,2-4,10-11,14-15H2,1H3,(H,21,23). The van der Waals surface area contributed by atoms with Gasteiger partial charge in [0.2, 0.25) is 0 Å². The molecule has 27 heavy (non-hydrogen) atoms. The van der Waals surface area contributed by atoms with Crippen LogP contribution in [0.1, 0.15) is 47.0 Å². The highest BCUT2D eigenvalue weighted by molar-refractivity contribution is 7.89. The van der Waals surface area contributed by atoms with Crippen LogP contribution in [0.5, 0.6) is 0 Å². The fourth-order valence-electron chi connectivity index (χ4n) is 3.52. The Kier molecular flexibility index (Phi) is 6.34. The van der Waals surface area contributed by atoms with Crippen molar-refractivity contribution in [3.63, 3.8) is 0 Å². The normalized spacial score (nSPS) is 16.8. The zero-order chi connectivity index (χ0) is 19.3. The van der Waals surface area contributed by atoms with Gasteiger partial charge in [-0.25, -0.2) is 8.42 Å². The fourth-order valence-corrected chi connectivity index (χ4v) is 4.30. The lowest BCUT2D eigenvalue weighted by molar-refractivity contribution is 0.0914. The highest BCUT2D eigenvalue weighted by atomic mass is 32.2. The van der Waals surface area contributed by atoms with Crippen LogP contribution in [-0.2, 0) is 15.6 Å². The quantitative estimate of drug-likeness (QED) is 0.786. The smallest absolute Gasteiger partial charge is 0.251 e. The molecule has 1 aromatic carbocycles. The maximum atomic E-state index is 12.6. The molecule has 1 N–H and O–H groups in total. The van der Waals surface area contributed by atoms with Crippen LogP contribution in [0.3, 0.4) is 0 Å². The lowest BCUT2D eigenvalue weighted by Crippen LogP contribution is -2.40. The molecule has 1 aromatic heterocycles. The van der Waals surface area contributed by atoms with Gasteiger partial charge in [-0.3, -0.25) is 9.69 Å². The van der Waals surface area contributed by atoms with Gasteiger partial charge in [-0.05, 0) is 55.8 Å². The van der Waals surface area contributed by atoms with Crippen molar-refractivity contribution in [2.75, 3.05) is 25.9 Å². The second-order valence-electron chi connectivity index (χ2n) is 7.11. The Morgan fingerprint density at radius 1 is 1.19 bits per heavy atom. The van der Waals surface area contributed by atoms with E-state index in [1.165, 1.54) is 12.7 Å². The van der Waals surface area contributed by atoms with Crippen LogP contribution in [0.25, 0.3) is 0 Å².